The fourth-order valence-corrected chi connectivity index (χ4v) is 2.15. The SMILES string of the molecule is COc1cncc(C(=O)CCC2CCCCO2)c1. The van der Waals surface area contributed by atoms with Gasteiger partial charge in [-0.3, -0.25) is 9.78 Å². The smallest absolute Gasteiger partial charge is 0.164 e. The van der Waals surface area contributed by atoms with Crippen molar-refractivity contribution in [2.45, 2.75) is 38.2 Å². The zero-order valence-electron chi connectivity index (χ0n) is 10.7. The topological polar surface area (TPSA) is 48.4 Å². The minimum absolute atomic E-state index is 0.107. The zero-order chi connectivity index (χ0) is 12.8. The Morgan fingerprint density at radius 2 is 2.39 bits per heavy atom. The third-order valence-corrected chi connectivity index (χ3v) is 3.24. The highest BCUT2D eigenvalue weighted by Crippen LogP contribution is 2.19. The number of aromatic nitrogens is 1. The monoisotopic (exact) mass is 249 g/mol. The van der Waals surface area contributed by atoms with Crippen molar-refractivity contribution in [1.29, 1.82) is 0 Å². The molecule has 0 N–H and O–H groups in total. The predicted octanol–water partition coefficient (Wildman–Crippen LogP) is 2.62. The van der Waals surface area contributed by atoms with E-state index in [4.69, 9.17) is 9.47 Å². The van der Waals surface area contributed by atoms with Crippen LogP contribution in [0.3, 0.4) is 0 Å². The van der Waals surface area contributed by atoms with E-state index >= 15 is 0 Å². The Bertz CT molecular complexity index is 400. The summed E-state index contributed by atoms with van der Waals surface area (Å²) >= 11 is 0. The molecule has 0 saturated carbocycles. The molecule has 1 aliphatic heterocycles. The summed E-state index contributed by atoms with van der Waals surface area (Å²) in [5, 5.41) is 0. The summed E-state index contributed by atoms with van der Waals surface area (Å²) in [5.41, 5.74) is 0.616. The molecule has 0 bridgehead atoms. The lowest BCUT2D eigenvalue weighted by Crippen LogP contribution is -2.20. The normalized spacial score (nSPS) is 19.5. The molecule has 18 heavy (non-hydrogen) atoms. The fraction of sp³-hybridized carbons (Fsp3) is 0.571. The van der Waals surface area contributed by atoms with Gasteiger partial charge in [-0.05, 0) is 31.7 Å². The van der Waals surface area contributed by atoms with Crippen molar-refractivity contribution < 1.29 is 14.3 Å². The average molecular weight is 249 g/mol. The third-order valence-electron chi connectivity index (χ3n) is 3.24. The molecule has 1 unspecified atom stereocenters. The van der Waals surface area contributed by atoms with Crippen molar-refractivity contribution in [1.82, 2.24) is 4.98 Å². The van der Waals surface area contributed by atoms with Gasteiger partial charge in [-0.1, -0.05) is 0 Å². The van der Waals surface area contributed by atoms with Crippen LogP contribution in [0, 0.1) is 0 Å². The standard InChI is InChI=1S/C14H19NO3/c1-17-13-8-11(9-15-10-13)14(16)6-5-12-4-2-3-7-18-12/h8-10,12H,2-7H2,1H3. The van der Waals surface area contributed by atoms with Crippen LogP contribution in [-0.4, -0.2) is 30.6 Å². The summed E-state index contributed by atoms with van der Waals surface area (Å²) in [6.07, 6.45) is 8.18. The van der Waals surface area contributed by atoms with Crippen molar-refractivity contribution in [2.24, 2.45) is 0 Å². The van der Waals surface area contributed by atoms with Gasteiger partial charge in [0.15, 0.2) is 5.78 Å². The summed E-state index contributed by atoms with van der Waals surface area (Å²) < 4.78 is 10.7. The first-order chi connectivity index (χ1) is 8.79. The van der Waals surface area contributed by atoms with Crippen molar-refractivity contribution in [3.63, 3.8) is 0 Å². The van der Waals surface area contributed by atoms with Crippen LogP contribution in [0.2, 0.25) is 0 Å². The predicted molar refractivity (Wildman–Crippen MR) is 67.9 cm³/mol. The second-order valence-corrected chi connectivity index (χ2v) is 4.56. The fourth-order valence-electron chi connectivity index (χ4n) is 2.15. The van der Waals surface area contributed by atoms with Crippen LogP contribution in [0.25, 0.3) is 0 Å². The Morgan fingerprint density at radius 1 is 1.50 bits per heavy atom. The molecule has 98 valence electrons. The molecule has 1 atom stereocenters. The molecule has 0 aliphatic carbocycles. The first kappa shape index (κ1) is 13.0. The number of methoxy groups -OCH3 is 1. The van der Waals surface area contributed by atoms with Crippen LogP contribution >= 0.6 is 0 Å². The molecule has 0 spiro atoms. The van der Waals surface area contributed by atoms with E-state index in [1.807, 2.05) is 0 Å². The molecule has 1 aromatic rings. The number of Topliss-reactive ketones (excluding diaryl/α,β-unsaturated/α-hetero) is 1. The van der Waals surface area contributed by atoms with E-state index in [-0.39, 0.29) is 11.9 Å². The third kappa shape index (κ3) is 3.53. The number of ketones is 1. The first-order valence-electron chi connectivity index (χ1n) is 6.43. The number of carbonyl (C=O) groups excluding carboxylic acids is 1. The van der Waals surface area contributed by atoms with Gasteiger partial charge in [0.25, 0.3) is 0 Å². The van der Waals surface area contributed by atoms with Crippen LogP contribution in [0.5, 0.6) is 5.75 Å². The van der Waals surface area contributed by atoms with Gasteiger partial charge in [-0.25, -0.2) is 0 Å². The Kier molecular flexibility index (Phi) is 4.70. The number of hydrogen-bond donors (Lipinski definition) is 0. The maximum absolute atomic E-state index is 12.0. The number of nitrogens with zero attached hydrogens (tertiary/aromatic N) is 1. The number of hydrogen-bond acceptors (Lipinski definition) is 4. The Labute approximate surface area is 107 Å². The first-order valence-corrected chi connectivity index (χ1v) is 6.43. The lowest BCUT2D eigenvalue weighted by atomic mass is 10.0. The van der Waals surface area contributed by atoms with Gasteiger partial charge in [-0.2, -0.15) is 0 Å². The van der Waals surface area contributed by atoms with Crippen LogP contribution in [0.15, 0.2) is 18.5 Å². The highest BCUT2D eigenvalue weighted by molar-refractivity contribution is 5.96. The second-order valence-electron chi connectivity index (χ2n) is 4.56. The molecule has 1 saturated heterocycles. The maximum atomic E-state index is 12.0. The molecular formula is C14H19NO3. The van der Waals surface area contributed by atoms with Crippen LogP contribution < -0.4 is 4.74 Å². The van der Waals surface area contributed by atoms with E-state index in [9.17, 15) is 4.79 Å². The quantitative estimate of drug-likeness (QED) is 0.753. The zero-order valence-corrected chi connectivity index (χ0v) is 10.7. The summed E-state index contributed by atoms with van der Waals surface area (Å²) in [6, 6.07) is 1.73. The van der Waals surface area contributed by atoms with E-state index in [0.29, 0.717) is 17.7 Å². The van der Waals surface area contributed by atoms with E-state index in [2.05, 4.69) is 4.98 Å². The molecular weight excluding hydrogens is 230 g/mol. The van der Waals surface area contributed by atoms with Crippen LogP contribution in [0.1, 0.15) is 42.5 Å². The molecule has 0 aromatic carbocycles. The Hall–Kier alpha value is -1.42. The largest absolute Gasteiger partial charge is 0.495 e. The van der Waals surface area contributed by atoms with Gasteiger partial charge in [0.05, 0.1) is 19.4 Å². The van der Waals surface area contributed by atoms with Gasteiger partial charge in [0.1, 0.15) is 5.75 Å². The molecule has 4 heteroatoms. The number of rotatable bonds is 5. The maximum Gasteiger partial charge on any atom is 0.164 e. The lowest BCUT2D eigenvalue weighted by Gasteiger charge is -2.22. The molecule has 1 fully saturated rings. The van der Waals surface area contributed by atoms with Gasteiger partial charge in [0.2, 0.25) is 0 Å². The van der Waals surface area contributed by atoms with Gasteiger partial charge < -0.3 is 9.47 Å². The highest BCUT2D eigenvalue weighted by Gasteiger charge is 2.16. The second kappa shape index (κ2) is 6.50. The molecule has 0 amide bonds. The summed E-state index contributed by atoms with van der Waals surface area (Å²) in [6.45, 7) is 0.833. The molecule has 1 aliphatic rings. The highest BCUT2D eigenvalue weighted by atomic mass is 16.5. The van der Waals surface area contributed by atoms with Crippen molar-refractivity contribution >= 4 is 5.78 Å². The average Bonchev–Trinajstić information content (AvgIpc) is 2.46. The summed E-state index contributed by atoms with van der Waals surface area (Å²) in [7, 11) is 1.57. The summed E-state index contributed by atoms with van der Waals surface area (Å²) in [5.74, 6) is 0.727. The van der Waals surface area contributed by atoms with Gasteiger partial charge in [0, 0.05) is 24.8 Å². The molecule has 2 rings (SSSR count). The molecule has 4 nitrogen and oxygen atoms in total. The van der Waals surface area contributed by atoms with E-state index in [1.165, 1.54) is 6.42 Å². The lowest BCUT2D eigenvalue weighted by molar-refractivity contribution is 0.0104. The number of ether oxygens (including phenoxy) is 2. The number of carbonyl (C=O) groups is 1. The summed E-state index contributed by atoms with van der Waals surface area (Å²) in [4.78, 5) is 16.0. The van der Waals surface area contributed by atoms with E-state index < -0.39 is 0 Å². The van der Waals surface area contributed by atoms with Crippen LogP contribution in [-0.2, 0) is 4.74 Å². The van der Waals surface area contributed by atoms with E-state index in [0.717, 1.165) is 25.9 Å². The molecule has 0 radical (unpaired) electrons. The molecule has 2 heterocycles. The van der Waals surface area contributed by atoms with Crippen molar-refractivity contribution in [3.8, 4) is 5.75 Å². The van der Waals surface area contributed by atoms with Crippen LogP contribution in [0.4, 0.5) is 0 Å². The van der Waals surface area contributed by atoms with Gasteiger partial charge in [-0.15, -0.1) is 0 Å². The van der Waals surface area contributed by atoms with Crippen molar-refractivity contribution in [2.75, 3.05) is 13.7 Å². The van der Waals surface area contributed by atoms with Crippen molar-refractivity contribution in [3.05, 3.63) is 24.0 Å². The number of pyridine rings is 1. The van der Waals surface area contributed by atoms with Gasteiger partial charge >= 0.3 is 0 Å². The Balaban J connectivity index is 1.86. The minimum Gasteiger partial charge on any atom is -0.495 e. The molecule has 1 aromatic heterocycles. The Morgan fingerprint density at radius 3 is 3.11 bits per heavy atom. The minimum atomic E-state index is 0.107. The van der Waals surface area contributed by atoms with E-state index in [1.54, 1.807) is 25.6 Å².